The molecular weight excluding hydrogens is 456 g/mol. The van der Waals surface area contributed by atoms with E-state index in [0.717, 1.165) is 11.1 Å². The number of rotatable bonds is 11. The van der Waals surface area contributed by atoms with E-state index in [4.69, 9.17) is 9.47 Å². The van der Waals surface area contributed by atoms with Crippen LogP contribution in [0, 0.1) is 0 Å². The average molecular weight is 483 g/mol. The molecule has 4 aromatic rings. The quantitative estimate of drug-likeness (QED) is 0.323. The molecule has 0 fully saturated rings. The zero-order valence-corrected chi connectivity index (χ0v) is 19.5. The van der Waals surface area contributed by atoms with E-state index in [1.54, 1.807) is 30.3 Å². The minimum Gasteiger partial charge on any atom is -0.485 e. The first-order chi connectivity index (χ1) is 17.6. The summed E-state index contributed by atoms with van der Waals surface area (Å²) in [6.45, 7) is 0.685. The van der Waals surface area contributed by atoms with E-state index in [0.29, 0.717) is 30.3 Å². The molecule has 0 aliphatic carbocycles. The van der Waals surface area contributed by atoms with Gasteiger partial charge >= 0.3 is 5.97 Å². The zero-order valence-electron chi connectivity index (χ0n) is 19.5. The van der Waals surface area contributed by atoms with Crippen LogP contribution in [-0.4, -0.2) is 28.0 Å². The van der Waals surface area contributed by atoms with Gasteiger partial charge in [0.05, 0.1) is 0 Å². The lowest BCUT2D eigenvalue weighted by atomic mass is 10.0. The third-order valence-corrected chi connectivity index (χ3v) is 5.42. The van der Waals surface area contributed by atoms with Crippen molar-refractivity contribution in [2.75, 3.05) is 0 Å². The fourth-order valence-corrected chi connectivity index (χ4v) is 3.55. The van der Waals surface area contributed by atoms with E-state index in [-0.39, 0.29) is 12.1 Å². The van der Waals surface area contributed by atoms with Crippen LogP contribution in [-0.2, 0) is 24.4 Å². The molecule has 1 amide bonds. The van der Waals surface area contributed by atoms with Gasteiger partial charge in [-0.3, -0.25) is 9.78 Å². The van der Waals surface area contributed by atoms with Gasteiger partial charge in [-0.15, -0.1) is 0 Å². The number of benzene rings is 3. The van der Waals surface area contributed by atoms with E-state index < -0.39 is 17.9 Å². The van der Waals surface area contributed by atoms with Crippen LogP contribution in [0.2, 0.25) is 0 Å². The first-order valence-corrected chi connectivity index (χ1v) is 11.5. The highest BCUT2D eigenvalue weighted by atomic mass is 16.5. The van der Waals surface area contributed by atoms with Crippen LogP contribution in [0.1, 0.15) is 27.2 Å². The highest BCUT2D eigenvalue weighted by Crippen LogP contribution is 2.30. The second kappa shape index (κ2) is 12.2. The van der Waals surface area contributed by atoms with Crippen molar-refractivity contribution in [1.82, 2.24) is 10.3 Å². The summed E-state index contributed by atoms with van der Waals surface area (Å²) in [7, 11) is 0. The van der Waals surface area contributed by atoms with Crippen LogP contribution in [0.3, 0.4) is 0 Å². The second-order valence-corrected chi connectivity index (χ2v) is 8.11. The van der Waals surface area contributed by atoms with Crippen molar-refractivity contribution in [2.24, 2.45) is 0 Å². The summed E-state index contributed by atoms with van der Waals surface area (Å²) < 4.78 is 12.1. The Morgan fingerprint density at radius 3 is 1.94 bits per heavy atom. The van der Waals surface area contributed by atoms with Crippen molar-refractivity contribution in [3.8, 4) is 11.5 Å². The largest absolute Gasteiger partial charge is 0.485 e. The van der Waals surface area contributed by atoms with Crippen LogP contribution in [0.4, 0.5) is 0 Å². The predicted molar refractivity (Wildman–Crippen MR) is 135 cm³/mol. The molecule has 182 valence electrons. The minimum absolute atomic E-state index is 0.0641. The molecule has 0 aliphatic rings. The molecule has 2 N–H and O–H groups in total. The number of aromatic nitrogens is 1. The first-order valence-electron chi connectivity index (χ1n) is 11.5. The lowest BCUT2D eigenvalue weighted by Crippen LogP contribution is -2.42. The number of amides is 1. The Kier molecular flexibility index (Phi) is 8.27. The molecule has 0 unspecified atom stereocenters. The van der Waals surface area contributed by atoms with Crippen LogP contribution < -0.4 is 14.8 Å². The highest BCUT2D eigenvalue weighted by Gasteiger charge is 2.22. The first kappa shape index (κ1) is 24.5. The Balaban J connectivity index is 1.51. The van der Waals surface area contributed by atoms with Crippen LogP contribution >= 0.6 is 0 Å². The molecule has 1 heterocycles. The maximum Gasteiger partial charge on any atom is 0.326 e. The number of carbonyl (C=O) groups is 2. The molecule has 0 radical (unpaired) electrons. The third kappa shape index (κ3) is 6.93. The van der Waals surface area contributed by atoms with Crippen molar-refractivity contribution >= 4 is 11.9 Å². The molecule has 1 aromatic heterocycles. The summed E-state index contributed by atoms with van der Waals surface area (Å²) in [5, 5.41) is 12.3. The summed E-state index contributed by atoms with van der Waals surface area (Å²) in [5.41, 5.74) is 2.83. The van der Waals surface area contributed by atoms with Crippen LogP contribution in [0.5, 0.6) is 11.5 Å². The summed E-state index contributed by atoms with van der Waals surface area (Å²) in [4.78, 5) is 28.4. The summed E-state index contributed by atoms with van der Waals surface area (Å²) >= 11 is 0. The number of aliphatic carboxylic acids is 1. The maximum absolute atomic E-state index is 12.5. The standard InChI is InChI=1S/C29H26N2O5/c32-28(24-13-7-8-16-30-24)31-25(29(33)34)17-23-14-15-26(35-19-21-9-3-1-4-10-21)27(18-23)36-20-22-11-5-2-6-12-22/h1-16,18,25H,17,19-20H2,(H,31,32)(H,33,34)/t25-/m0/s1. The molecule has 0 spiro atoms. The molecule has 0 saturated heterocycles. The van der Waals surface area contributed by atoms with E-state index in [1.807, 2.05) is 60.7 Å². The molecule has 1 atom stereocenters. The Morgan fingerprint density at radius 2 is 1.36 bits per heavy atom. The van der Waals surface area contributed by atoms with E-state index >= 15 is 0 Å². The van der Waals surface area contributed by atoms with Gasteiger partial charge in [-0.25, -0.2) is 4.79 Å². The number of carbonyl (C=O) groups excluding carboxylic acids is 1. The molecule has 7 nitrogen and oxygen atoms in total. The molecule has 3 aromatic carbocycles. The molecule has 36 heavy (non-hydrogen) atoms. The molecular formula is C29H26N2O5. The fourth-order valence-electron chi connectivity index (χ4n) is 3.55. The third-order valence-electron chi connectivity index (χ3n) is 5.42. The topological polar surface area (TPSA) is 97.8 Å². The van der Waals surface area contributed by atoms with Crippen LogP contribution in [0.15, 0.2) is 103 Å². The second-order valence-electron chi connectivity index (χ2n) is 8.11. The SMILES string of the molecule is O=C(N[C@@H](Cc1ccc(OCc2ccccc2)c(OCc2ccccc2)c1)C(=O)O)c1ccccn1. The van der Waals surface area contributed by atoms with Gasteiger partial charge in [-0.05, 0) is 41.0 Å². The predicted octanol–water partition coefficient (Wildman–Crippen LogP) is 4.67. The number of hydrogen-bond donors (Lipinski definition) is 2. The van der Waals surface area contributed by atoms with Crippen molar-refractivity contribution in [1.29, 1.82) is 0 Å². The van der Waals surface area contributed by atoms with E-state index in [9.17, 15) is 14.7 Å². The summed E-state index contributed by atoms with van der Waals surface area (Å²) in [6, 6.07) is 28.5. The fraction of sp³-hybridized carbons (Fsp3) is 0.138. The van der Waals surface area contributed by atoms with Gasteiger partial charge in [0.25, 0.3) is 5.91 Å². The van der Waals surface area contributed by atoms with Gasteiger partial charge in [0.2, 0.25) is 0 Å². The number of nitrogens with zero attached hydrogens (tertiary/aromatic N) is 1. The van der Waals surface area contributed by atoms with Gasteiger partial charge in [-0.1, -0.05) is 72.8 Å². The summed E-state index contributed by atoms with van der Waals surface area (Å²) in [6.07, 6.45) is 1.55. The number of carboxylic acid groups (broad SMARTS) is 1. The lowest BCUT2D eigenvalue weighted by Gasteiger charge is -2.17. The maximum atomic E-state index is 12.5. The van der Waals surface area contributed by atoms with Crippen molar-refractivity contribution in [2.45, 2.75) is 25.7 Å². The van der Waals surface area contributed by atoms with Gasteiger partial charge < -0.3 is 19.9 Å². The number of hydrogen-bond acceptors (Lipinski definition) is 5. The Hall–Kier alpha value is -4.65. The number of carboxylic acids is 1. The van der Waals surface area contributed by atoms with E-state index in [1.165, 1.54) is 12.3 Å². The van der Waals surface area contributed by atoms with Gasteiger partial charge in [0, 0.05) is 12.6 Å². The lowest BCUT2D eigenvalue weighted by molar-refractivity contribution is -0.139. The Labute approximate surface area is 209 Å². The minimum atomic E-state index is -1.14. The average Bonchev–Trinajstić information content (AvgIpc) is 2.92. The van der Waals surface area contributed by atoms with Gasteiger partial charge in [0.15, 0.2) is 11.5 Å². The van der Waals surface area contributed by atoms with Gasteiger partial charge in [-0.2, -0.15) is 0 Å². The van der Waals surface area contributed by atoms with Gasteiger partial charge in [0.1, 0.15) is 24.9 Å². The highest BCUT2D eigenvalue weighted by molar-refractivity contribution is 5.94. The molecule has 7 heteroatoms. The van der Waals surface area contributed by atoms with E-state index in [2.05, 4.69) is 10.3 Å². The smallest absolute Gasteiger partial charge is 0.326 e. The molecule has 0 aliphatic heterocycles. The van der Waals surface area contributed by atoms with Crippen molar-refractivity contribution in [3.63, 3.8) is 0 Å². The monoisotopic (exact) mass is 482 g/mol. The normalized spacial score (nSPS) is 11.3. The molecule has 0 bridgehead atoms. The van der Waals surface area contributed by atoms with Crippen LogP contribution in [0.25, 0.3) is 0 Å². The zero-order chi connectivity index (χ0) is 25.2. The Bertz CT molecular complexity index is 1280. The number of nitrogens with one attached hydrogen (secondary N) is 1. The van der Waals surface area contributed by atoms with Crippen molar-refractivity contribution in [3.05, 3.63) is 126 Å². The summed E-state index contributed by atoms with van der Waals surface area (Å²) in [5.74, 6) is -0.655. The number of ether oxygens (including phenoxy) is 2. The van der Waals surface area contributed by atoms with Crippen molar-refractivity contribution < 1.29 is 24.2 Å². The number of pyridine rings is 1. The molecule has 4 rings (SSSR count). The molecule has 0 saturated carbocycles. The Morgan fingerprint density at radius 1 is 0.750 bits per heavy atom.